The van der Waals surface area contributed by atoms with E-state index in [2.05, 4.69) is 19.2 Å². The first-order valence-corrected chi connectivity index (χ1v) is 8.62. The predicted octanol–water partition coefficient (Wildman–Crippen LogP) is 4.50. The van der Waals surface area contributed by atoms with Crippen molar-refractivity contribution in [2.75, 3.05) is 16.8 Å². The molecule has 0 aliphatic heterocycles. The Bertz CT molecular complexity index is 739. The predicted molar refractivity (Wildman–Crippen MR) is 103 cm³/mol. The number of hydrogen-bond acceptors (Lipinski definition) is 2. The molecule has 0 atom stereocenters. The number of rotatable bonds is 6. The van der Waals surface area contributed by atoms with Gasteiger partial charge in [0.05, 0.1) is 0 Å². The fourth-order valence-electron chi connectivity index (χ4n) is 2.90. The van der Waals surface area contributed by atoms with Crippen molar-refractivity contribution in [1.82, 2.24) is 0 Å². The minimum absolute atomic E-state index is 0.0521. The number of nitrogens with zero attached hydrogens (tertiary/aromatic N) is 1. The molecular formula is C21H26N2O2. The van der Waals surface area contributed by atoms with E-state index in [1.165, 1.54) is 0 Å². The SMILES string of the molecule is CC(=O)N(CCC(=O)Nc1ccccc1)c1c(C)cccc1C(C)C. The Labute approximate surface area is 149 Å². The first-order chi connectivity index (χ1) is 11.9. The normalized spacial score (nSPS) is 10.6. The molecule has 0 heterocycles. The van der Waals surface area contributed by atoms with Crippen LogP contribution in [0.5, 0.6) is 0 Å². The molecule has 0 radical (unpaired) electrons. The number of nitrogens with one attached hydrogen (secondary N) is 1. The summed E-state index contributed by atoms with van der Waals surface area (Å²) in [5.74, 6) is 0.149. The lowest BCUT2D eigenvalue weighted by atomic mass is 9.97. The Morgan fingerprint density at radius 2 is 1.72 bits per heavy atom. The largest absolute Gasteiger partial charge is 0.326 e. The fraction of sp³-hybridized carbons (Fsp3) is 0.333. The number of benzene rings is 2. The van der Waals surface area contributed by atoms with Crippen molar-refractivity contribution in [3.63, 3.8) is 0 Å². The van der Waals surface area contributed by atoms with Gasteiger partial charge in [0.15, 0.2) is 0 Å². The summed E-state index contributed by atoms with van der Waals surface area (Å²) in [6.07, 6.45) is 0.250. The molecule has 0 saturated carbocycles. The van der Waals surface area contributed by atoms with Crippen molar-refractivity contribution >= 4 is 23.2 Å². The Morgan fingerprint density at radius 1 is 1.04 bits per heavy atom. The van der Waals surface area contributed by atoms with E-state index in [0.717, 1.165) is 22.5 Å². The van der Waals surface area contributed by atoms with Crippen LogP contribution in [0.3, 0.4) is 0 Å². The first kappa shape index (κ1) is 18.7. The van der Waals surface area contributed by atoms with Gasteiger partial charge in [0.1, 0.15) is 0 Å². The van der Waals surface area contributed by atoms with E-state index in [0.29, 0.717) is 12.5 Å². The van der Waals surface area contributed by atoms with E-state index in [1.54, 1.807) is 11.8 Å². The second-order valence-electron chi connectivity index (χ2n) is 6.50. The monoisotopic (exact) mass is 338 g/mol. The van der Waals surface area contributed by atoms with Crippen LogP contribution in [0.15, 0.2) is 48.5 Å². The van der Waals surface area contributed by atoms with Crippen LogP contribution in [-0.4, -0.2) is 18.4 Å². The molecule has 0 saturated heterocycles. The first-order valence-electron chi connectivity index (χ1n) is 8.62. The average Bonchev–Trinajstić information content (AvgIpc) is 2.56. The van der Waals surface area contributed by atoms with Gasteiger partial charge in [0.2, 0.25) is 11.8 Å². The maximum absolute atomic E-state index is 12.2. The zero-order valence-corrected chi connectivity index (χ0v) is 15.4. The van der Waals surface area contributed by atoms with Gasteiger partial charge >= 0.3 is 0 Å². The Kier molecular flexibility index (Phi) is 6.34. The van der Waals surface area contributed by atoms with Crippen LogP contribution in [0.1, 0.15) is 44.2 Å². The molecule has 2 amide bonds. The van der Waals surface area contributed by atoms with Crippen molar-refractivity contribution in [3.8, 4) is 0 Å². The molecule has 2 aromatic rings. The topological polar surface area (TPSA) is 49.4 Å². The lowest BCUT2D eigenvalue weighted by molar-refractivity contribution is -0.117. The molecule has 132 valence electrons. The quantitative estimate of drug-likeness (QED) is 0.843. The third-order valence-electron chi connectivity index (χ3n) is 4.16. The maximum Gasteiger partial charge on any atom is 0.226 e. The van der Waals surface area contributed by atoms with Gasteiger partial charge in [-0.2, -0.15) is 0 Å². The van der Waals surface area contributed by atoms with Crippen LogP contribution < -0.4 is 10.2 Å². The van der Waals surface area contributed by atoms with Gasteiger partial charge in [-0.05, 0) is 36.1 Å². The van der Waals surface area contributed by atoms with E-state index in [1.807, 2.05) is 55.5 Å². The number of hydrogen-bond donors (Lipinski definition) is 1. The zero-order valence-electron chi connectivity index (χ0n) is 15.4. The smallest absolute Gasteiger partial charge is 0.226 e. The molecule has 0 bridgehead atoms. The van der Waals surface area contributed by atoms with Crippen molar-refractivity contribution < 1.29 is 9.59 Å². The Balaban J connectivity index is 2.15. The summed E-state index contributed by atoms with van der Waals surface area (Å²) in [6, 6.07) is 15.4. The summed E-state index contributed by atoms with van der Waals surface area (Å²) in [6.45, 7) is 8.13. The highest BCUT2D eigenvalue weighted by atomic mass is 16.2. The number of aryl methyl sites for hydroxylation is 1. The summed E-state index contributed by atoms with van der Waals surface area (Å²) >= 11 is 0. The lowest BCUT2D eigenvalue weighted by Crippen LogP contribution is -2.33. The third-order valence-corrected chi connectivity index (χ3v) is 4.16. The van der Waals surface area contributed by atoms with Crippen LogP contribution in [0.2, 0.25) is 0 Å². The highest BCUT2D eigenvalue weighted by Crippen LogP contribution is 2.31. The fourth-order valence-corrected chi connectivity index (χ4v) is 2.90. The third kappa shape index (κ3) is 4.92. The number of carbonyl (C=O) groups excluding carboxylic acids is 2. The van der Waals surface area contributed by atoms with Crippen LogP contribution >= 0.6 is 0 Å². The van der Waals surface area contributed by atoms with Crippen LogP contribution in [0.4, 0.5) is 11.4 Å². The lowest BCUT2D eigenvalue weighted by Gasteiger charge is -2.27. The zero-order chi connectivity index (χ0) is 18.4. The number of amides is 2. The van der Waals surface area contributed by atoms with Crippen LogP contribution in [0, 0.1) is 6.92 Å². The van der Waals surface area contributed by atoms with Gasteiger partial charge in [-0.25, -0.2) is 0 Å². The van der Waals surface area contributed by atoms with Crippen molar-refractivity contribution in [2.45, 2.75) is 40.0 Å². The molecule has 25 heavy (non-hydrogen) atoms. The molecule has 4 heteroatoms. The second kappa shape index (κ2) is 8.47. The van der Waals surface area contributed by atoms with Crippen LogP contribution in [-0.2, 0) is 9.59 Å². The minimum Gasteiger partial charge on any atom is -0.326 e. The molecule has 1 N–H and O–H groups in total. The van der Waals surface area contributed by atoms with E-state index in [9.17, 15) is 9.59 Å². The Morgan fingerprint density at radius 3 is 2.32 bits per heavy atom. The van der Waals surface area contributed by atoms with E-state index in [4.69, 9.17) is 0 Å². The second-order valence-corrected chi connectivity index (χ2v) is 6.50. The van der Waals surface area contributed by atoms with Gasteiger partial charge in [0, 0.05) is 31.3 Å². The van der Waals surface area contributed by atoms with Crippen molar-refractivity contribution in [1.29, 1.82) is 0 Å². The standard InChI is InChI=1S/C21H26N2O2/c1-15(2)19-12-8-9-16(3)21(19)23(17(4)24)14-13-20(25)22-18-10-6-5-7-11-18/h5-12,15H,13-14H2,1-4H3,(H,22,25). The summed E-state index contributed by atoms with van der Waals surface area (Å²) in [4.78, 5) is 26.2. The molecule has 0 aliphatic carbocycles. The van der Waals surface area contributed by atoms with E-state index >= 15 is 0 Å². The van der Waals surface area contributed by atoms with Crippen molar-refractivity contribution in [3.05, 3.63) is 59.7 Å². The summed E-state index contributed by atoms with van der Waals surface area (Å²) < 4.78 is 0. The van der Waals surface area contributed by atoms with Gasteiger partial charge in [-0.3, -0.25) is 9.59 Å². The van der Waals surface area contributed by atoms with Crippen LogP contribution in [0.25, 0.3) is 0 Å². The van der Waals surface area contributed by atoms with E-state index in [-0.39, 0.29) is 18.2 Å². The molecule has 0 spiro atoms. The molecule has 2 rings (SSSR count). The van der Waals surface area contributed by atoms with Gasteiger partial charge in [-0.15, -0.1) is 0 Å². The number of para-hydroxylation sites is 2. The molecule has 0 aliphatic rings. The average molecular weight is 338 g/mol. The highest BCUT2D eigenvalue weighted by Gasteiger charge is 2.20. The van der Waals surface area contributed by atoms with Gasteiger partial charge < -0.3 is 10.2 Å². The van der Waals surface area contributed by atoms with Gasteiger partial charge in [0.25, 0.3) is 0 Å². The molecule has 0 fully saturated rings. The Hall–Kier alpha value is -2.62. The molecule has 2 aromatic carbocycles. The summed E-state index contributed by atoms with van der Waals surface area (Å²) in [7, 11) is 0. The minimum atomic E-state index is -0.0999. The maximum atomic E-state index is 12.2. The summed E-state index contributed by atoms with van der Waals surface area (Å²) in [5.41, 5.74) is 3.86. The highest BCUT2D eigenvalue weighted by molar-refractivity contribution is 5.96. The van der Waals surface area contributed by atoms with Gasteiger partial charge in [-0.1, -0.05) is 50.2 Å². The molecule has 0 unspecified atom stereocenters. The van der Waals surface area contributed by atoms with E-state index < -0.39 is 0 Å². The molecular weight excluding hydrogens is 312 g/mol. The number of anilines is 2. The molecule has 4 nitrogen and oxygen atoms in total. The molecule has 0 aromatic heterocycles. The number of carbonyl (C=O) groups is 2. The summed E-state index contributed by atoms with van der Waals surface area (Å²) in [5, 5.41) is 2.86. The van der Waals surface area contributed by atoms with Crippen molar-refractivity contribution in [2.24, 2.45) is 0 Å².